The van der Waals surface area contributed by atoms with E-state index in [1.54, 1.807) is 0 Å². The van der Waals surface area contributed by atoms with Crippen molar-refractivity contribution in [3.8, 4) is 0 Å². The fourth-order valence-corrected chi connectivity index (χ4v) is 8.17. The number of nitrogens with one attached hydrogen (secondary N) is 1. The standard InChI is InChI=1S/C51H101NO5/c1-3-5-7-9-11-13-15-16-17-18-19-20-21-22-24-29-33-37-41-45-51(56)57-46-42-38-34-30-26-25-28-32-36-40-44-50(55)52-48(47-53)49(54)43-39-35-31-27-23-14-12-10-8-6-4-2/h48-49,53-54H,3-47H2,1-2H3,(H,52,55). The Balaban J connectivity index is 3.41. The second-order valence-corrected chi connectivity index (χ2v) is 17.9. The van der Waals surface area contributed by atoms with Gasteiger partial charge in [0.05, 0.1) is 25.4 Å². The van der Waals surface area contributed by atoms with Gasteiger partial charge in [-0.1, -0.05) is 251 Å². The summed E-state index contributed by atoms with van der Waals surface area (Å²) >= 11 is 0. The minimum Gasteiger partial charge on any atom is -0.466 e. The van der Waals surface area contributed by atoms with Crippen LogP contribution in [0.5, 0.6) is 0 Å². The summed E-state index contributed by atoms with van der Waals surface area (Å²) in [4.78, 5) is 24.5. The molecule has 0 spiro atoms. The van der Waals surface area contributed by atoms with Crippen LogP contribution < -0.4 is 5.32 Å². The van der Waals surface area contributed by atoms with Gasteiger partial charge < -0.3 is 20.3 Å². The first-order chi connectivity index (χ1) is 28.0. The molecule has 0 aromatic carbocycles. The highest BCUT2D eigenvalue weighted by Gasteiger charge is 2.20. The number of amides is 1. The molecular formula is C51H101NO5. The largest absolute Gasteiger partial charge is 0.466 e. The van der Waals surface area contributed by atoms with Crippen molar-refractivity contribution in [3.63, 3.8) is 0 Å². The molecule has 1 amide bonds. The smallest absolute Gasteiger partial charge is 0.305 e. The molecule has 0 fully saturated rings. The van der Waals surface area contributed by atoms with Crippen molar-refractivity contribution in [1.29, 1.82) is 0 Å². The lowest BCUT2D eigenvalue weighted by atomic mass is 10.0. The highest BCUT2D eigenvalue weighted by molar-refractivity contribution is 5.76. The third-order valence-electron chi connectivity index (χ3n) is 12.2. The monoisotopic (exact) mass is 808 g/mol. The van der Waals surface area contributed by atoms with E-state index in [9.17, 15) is 19.8 Å². The van der Waals surface area contributed by atoms with E-state index < -0.39 is 12.1 Å². The lowest BCUT2D eigenvalue weighted by molar-refractivity contribution is -0.143. The lowest BCUT2D eigenvalue weighted by Crippen LogP contribution is -2.45. The van der Waals surface area contributed by atoms with Crippen LogP contribution in [-0.2, 0) is 14.3 Å². The van der Waals surface area contributed by atoms with Crippen molar-refractivity contribution in [2.75, 3.05) is 13.2 Å². The van der Waals surface area contributed by atoms with Gasteiger partial charge in [-0.3, -0.25) is 9.59 Å². The summed E-state index contributed by atoms with van der Waals surface area (Å²) in [6, 6.07) is -0.555. The van der Waals surface area contributed by atoms with Gasteiger partial charge in [0.15, 0.2) is 0 Å². The molecular weight excluding hydrogens is 707 g/mol. The van der Waals surface area contributed by atoms with Gasteiger partial charge in [0.2, 0.25) is 5.91 Å². The molecule has 0 aliphatic rings. The highest BCUT2D eigenvalue weighted by atomic mass is 16.5. The number of rotatable bonds is 48. The molecule has 0 bridgehead atoms. The number of aliphatic hydroxyl groups excluding tert-OH is 2. The zero-order valence-electron chi connectivity index (χ0n) is 38.6. The Morgan fingerprint density at radius 1 is 0.421 bits per heavy atom. The van der Waals surface area contributed by atoms with Gasteiger partial charge in [0.25, 0.3) is 0 Å². The van der Waals surface area contributed by atoms with Crippen molar-refractivity contribution in [3.05, 3.63) is 0 Å². The van der Waals surface area contributed by atoms with E-state index in [2.05, 4.69) is 19.2 Å². The molecule has 6 heteroatoms. The fourth-order valence-electron chi connectivity index (χ4n) is 8.17. The van der Waals surface area contributed by atoms with E-state index in [4.69, 9.17) is 4.74 Å². The maximum Gasteiger partial charge on any atom is 0.305 e. The van der Waals surface area contributed by atoms with Gasteiger partial charge in [-0.15, -0.1) is 0 Å². The molecule has 57 heavy (non-hydrogen) atoms. The number of ether oxygens (including phenoxy) is 1. The van der Waals surface area contributed by atoms with E-state index in [0.29, 0.717) is 25.9 Å². The predicted molar refractivity (Wildman–Crippen MR) is 246 cm³/mol. The molecule has 2 atom stereocenters. The molecule has 0 saturated heterocycles. The minimum absolute atomic E-state index is 0.0138. The average Bonchev–Trinajstić information content (AvgIpc) is 3.21. The predicted octanol–water partition coefficient (Wildman–Crippen LogP) is 15.2. The van der Waals surface area contributed by atoms with Gasteiger partial charge in [-0.2, -0.15) is 0 Å². The maximum absolute atomic E-state index is 12.4. The fraction of sp³-hybridized carbons (Fsp3) is 0.961. The molecule has 0 radical (unpaired) electrons. The second-order valence-electron chi connectivity index (χ2n) is 17.9. The second kappa shape index (κ2) is 47.5. The van der Waals surface area contributed by atoms with Crippen molar-refractivity contribution < 1.29 is 24.5 Å². The molecule has 2 unspecified atom stereocenters. The molecule has 0 saturated carbocycles. The van der Waals surface area contributed by atoms with Crippen molar-refractivity contribution in [2.24, 2.45) is 0 Å². The molecule has 3 N–H and O–H groups in total. The number of hydrogen-bond acceptors (Lipinski definition) is 5. The van der Waals surface area contributed by atoms with Gasteiger partial charge >= 0.3 is 5.97 Å². The number of carbonyl (C=O) groups excluding carboxylic acids is 2. The summed E-state index contributed by atoms with van der Waals surface area (Å²) in [5.41, 5.74) is 0. The topological polar surface area (TPSA) is 95.9 Å². The summed E-state index contributed by atoms with van der Waals surface area (Å²) in [5, 5.41) is 23.1. The molecule has 0 aromatic rings. The van der Waals surface area contributed by atoms with Crippen LogP contribution in [0.4, 0.5) is 0 Å². The summed E-state index contributed by atoms with van der Waals surface area (Å²) in [6.07, 6.45) is 52.2. The zero-order chi connectivity index (χ0) is 41.5. The molecule has 0 aliphatic heterocycles. The molecule has 0 aromatic heterocycles. The Morgan fingerprint density at radius 3 is 1.07 bits per heavy atom. The van der Waals surface area contributed by atoms with Gasteiger partial charge in [-0.05, 0) is 25.7 Å². The van der Waals surface area contributed by atoms with Gasteiger partial charge in [0, 0.05) is 12.8 Å². The van der Waals surface area contributed by atoms with Crippen LogP contribution in [0.2, 0.25) is 0 Å². The van der Waals surface area contributed by atoms with E-state index in [1.165, 1.54) is 199 Å². The number of unbranched alkanes of at least 4 members (excludes halogenated alkanes) is 37. The molecule has 0 heterocycles. The summed E-state index contributed by atoms with van der Waals surface area (Å²) in [6.45, 7) is 4.91. The van der Waals surface area contributed by atoms with Crippen molar-refractivity contribution in [2.45, 2.75) is 302 Å². The molecule has 6 nitrogen and oxygen atoms in total. The Hall–Kier alpha value is -1.14. The van der Waals surface area contributed by atoms with E-state index in [0.717, 1.165) is 57.8 Å². The minimum atomic E-state index is -0.675. The average molecular weight is 808 g/mol. The van der Waals surface area contributed by atoms with E-state index in [1.807, 2.05) is 0 Å². The maximum atomic E-state index is 12.4. The van der Waals surface area contributed by atoms with Crippen molar-refractivity contribution >= 4 is 11.9 Å². The normalized spacial score (nSPS) is 12.6. The van der Waals surface area contributed by atoms with Crippen molar-refractivity contribution in [1.82, 2.24) is 5.32 Å². The Morgan fingerprint density at radius 2 is 0.719 bits per heavy atom. The number of hydrogen-bond donors (Lipinski definition) is 3. The first-order valence-corrected chi connectivity index (χ1v) is 25.8. The van der Waals surface area contributed by atoms with Crippen LogP contribution in [0, 0.1) is 0 Å². The summed E-state index contributed by atoms with van der Waals surface area (Å²) in [5.74, 6) is -0.0708. The highest BCUT2D eigenvalue weighted by Crippen LogP contribution is 2.17. The quantitative estimate of drug-likeness (QED) is 0.0420. The first kappa shape index (κ1) is 55.9. The Kier molecular flexibility index (Phi) is 46.6. The molecule has 0 aliphatic carbocycles. The molecule has 340 valence electrons. The Labute approximate surface area is 356 Å². The third-order valence-corrected chi connectivity index (χ3v) is 12.2. The van der Waals surface area contributed by atoms with Gasteiger partial charge in [0.1, 0.15) is 0 Å². The number of aliphatic hydroxyl groups is 2. The van der Waals surface area contributed by atoms with Crippen LogP contribution in [-0.4, -0.2) is 47.4 Å². The summed E-state index contributed by atoms with van der Waals surface area (Å²) in [7, 11) is 0. The van der Waals surface area contributed by atoms with E-state index in [-0.39, 0.29) is 18.5 Å². The lowest BCUT2D eigenvalue weighted by Gasteiger charge is -2.22. The van der Waals surface area contributed by atoms with Crippen LogP contribution in [0.3, 0.4) is 0 Å². The Bertz CT molecular complexity index is 806. The van der Waals surface area contributed by atoms with Crippen LogP contribution in [0.25, 0.3) is 0 Å². The first-order valence-electron chi connectivity index (χ1n) is 25.8. The molecule has 0 rings (SSSR count). The number of esters is 1. The zero-order valence-corrected chi connectivity index (χ0v) is 38.6. The van der Waals surface area contributed by atoms with Gasteiger partial charge in [-0.25, -0.2) is 0 Å². The number of carbonyl (C=O) groups is 2. The third kappa shape index (κ3) is 44.2. The van der Waals surface area contributed by atoms with E-state index >= 15 is 0 Å². The van der Waals surface area contributed by atoms with Crippen LogP contribution in [0.1, 0.15) is 290 Å². The SMILES string of the molecule is CCCCCCCCCCCCCCCCCCCCCC(=O)OCCCCCCCCCCCCC(=O)NC(CO)C(O)CCCCCCCCCCCCC. The summed E-state index contributed by atoms with van der Waals surface area (Å²) < 4.78 is 5.47. The van der Waals surface area contributed by atoms with Crippen LogP contribution >= 0.6 is 0 Å². The van der Waals surface area contributed by atoms with Crippen LogP contribution in [0.15, 0.2) is 0 Å².